The highest BCUT2D eigenvalue weighted by Gasteiger charge is 2.27. The van der Waals surface area contributed by atoms with Crippen molar-refractivity contribution < 1.29 is 28.7 Å². The van der Waals surface area contributed by atoms with E-state index >= 15 is 0 Å². The van der Waals surface area contributed by atoms with Crippen molar-refractivity contribution in [2.75, 3.05) is 11.9 Å². The number of ether oxygens (including phenoxy) is 1. The van der Waals surface area contributed by atoms with Gasteiger partial charge in [0.2, 0.25) is 0 Å². The number of rotatable bonds is 6. The van der Waals surface area contributed by atoms with Gasteiger partial charge in [-0.2, -0.15) is 0 Å². The molecule has 0 unspecified atom stereocenters. The third kappa shape index (κ3) is 5.16. The minimum atomic E-state index is -0.862. The number of amides is 5. The van der Waals surface area contributed by atoms with E-state index in [1.54, 1.807) is 48.5 Å². The summed E-state index contributed by atoms with van der Waals surface area (Å²) in [5.74, 6) is -1.59. The van der Waals surface area contributed by atoms with Crippen LogP contribution in [0, 0.1) is 0 Å². The molecule has 0 spiro atoms. The zero-order valence-electron chi connectivity index (χ0n) is 15.9. The molecule has 9 nitrogen and oxygen atoms in total. The normalized spacial score (nSPS) is 13.2. The highest BCUT2D eigenvalue weighted by molar-refractivity contribution is 6.31. The Kier molecular flexibility index (Phi) is 6.02. The van der Waals surface area contributed by atoms with Gasteiger partial charge in [-0.3, -0.25) is 29.8 Å². The first-order valence-electron chi connectivity index (χ1n) is 8.84. The van der Waals surface area contributed by atoms with Crippen molar-refractivity contribution in [1.82, 2.24) is 10.6 Å². The van der Waals surface area contributed by atoms with Gasteiger partial charge in [0.1, 0.15) is 11.3 Å². The number of Topliss-reactive ketones (excluding diaryl/α,β-unsaturated/α-hetero) is 1. The van der Waals surface area contributed by atoms with Crippen molar-refractivity contribution in [3.8, 4) is 5.75 Å². The number of ketones is 1. The standard InChI is InChI=1S/C21H17N3O6/c1-12(25)14-4-6-15(7-5-14)22-18(26)11-30-16-8-2-13(3-9-16)10-17-19(27)23-21(29)24-20(17)28/h2-10H,11H2,1H3,(H,22,26)(H2,23,24,27,28,29). The Morgan fingerprint density at radius 1 is 0.933 bits per heavy atom. The number of hydrogen-bond acceptors (Lipinski definition) is 6. The summed E-state index contributed by atoms with van der Waals surface area (Å²) in [7, 11) is 0. The highest BCUT2D eigenvalue weighted by atomic mass is 16.5. The lowest BCUT2D eigenvalue weighted by Gasteiger charge is -2.14. The largest absolute Gasteiger partial charge is 0.484 e. The van der Waals surface area contributed by atoms with E-state index in [1.807, 2.05) is 10.6 Å². The first-order chi connectivity index (χ1) is 14.3. The third-order valence-electron chi connectivity index (χ3n) is 4.08. The average Bonchev–Trinajstić information content (AvgIpc) is 2.70. The molecule has 5 amide bonds. The molecule has 0 atom stereocenters. The lowest BCUT2D eigenvalue weighted by Crippen LogP contribution is -2.51. The summed E-state index contributed by atoms with van der Waals surface area (Å²) in [5, 5.41) is 6.63. The van der Waals surface area contributed by atoms with Crippen LogP contribution in [0.3, 0.4) is 0 Å². The van der Waals surface area contributed by atoms with Gasteiger partial charge < -0.3 is 10.1 Å². The summed E-state index contributed by atoms with van der Waals surface area (Å²) in [4.78, 5) is 57.8. The first kappa shape index (κ1) is 20.5. The van der Waals surface area contributed by atoms with Gasteiger partial charge in [0, 0.05) is 11.3 Å². The number of imide groups is 2. The summed E-state index contributed by atoms with van der Waals surface area (Å²) in [5.41, 5.74) is 1.43. The fourth-order valence-electron chi connectivity index (χ4n) is 2.57. The lowest BCUT2D eigenvalue weighted by atomic mass is 10.1. The van der Waals surface area contributed by atoms with Crippen molar-refractivity contribution in [1.29, 1.82) is 0 Å². The SMILES string of the molecule is CC(=O)c1ccc(NC(=O)COc2ccc(C=C3C(=O)NC(=O)NC3=O)cc2)cc1. The Labute approximate surface area is 171 Å². The third-order valence-corrected chi connectivity index (χ3v) is 4.08. The van der Waals surface area contributed by atoms with E-state index in [9.17, 15) is 24.0 Å². The molecule has 1 aliphatic heterocycles. The molecule has 1 fully saturated rings. The molecule has 30 heavy (non-hydrogen) atoms. The van der Waals surface area contributed by atoms with Gasteiger partial charge in [-0.25, -0.2) is 4.79 Å². The number of barbiturate groups is 1. The van der Waals surface area contributed by atoms with E-state index in [4.69, 9.17) is 4.74 Å². The molecule has 9 heteroatoms. The predicted octanol–water partition coefficient (Wildman–Crippen LogP) is 1.66. The number of benzene rings is 2. The summed E-state index contributed by atoms with van der Waals surface area (Å²) >= 11 is 0. The summed E-state index contributed by atoms with van der Waals surface area (Å²) in [6.07, 6.45) is 1.33. The Balaban J connectivity index is 1.55. The van der Waals surface area contributed by atoms with Crippen LogP contribution in [0.5, 0.6) is 5.75 Å². The minimum absolute atomic E-state index is 0.0615. The molecule has 3 rings (SSSR count). The Bertz CT molecular complexity index is 1030. The van der Waals surface area contributed by atoms with E-state index in [0.717, 1.165) is 0 Å². The van der Waals surface area contributed by atoms with E-state index in [-0.39, 0.29) is 23.9 Å². The summed E-state index contributed by atoms with van der Waals surface area (Å²) < 4.78 is 5.41. The Hall–Kier alpha value is -4.27. The highest BCUT2D eigenvalue weighted by Crippen LogP contribution is 2.16. The Morgan fingerprint density at radius 2 is 1.53 bits per heavy atom. The van der Waals surface area contributed by atoms with Crippen LogP contribution in [0.15, 0.2) is 54.1 Å². The van der Waals surface area contributed by atoms with E-state index in [1.165, 1.54) is 13.0 Å². The van der Waals surface area contributed by atoms with E-state index in [0.29, 0.717) is 22.6 Å². The molecular formula is C21H17N3O6. The second kappa shape index (κ2) is 8.82. The van der Waals surface area contributed by atoms with Gasteiger partial charge in [-0.05, 0) is 55.0 Å². The number of hydrogen-bond donors (Lipinski definition) is 3. The second-order valence-corrected chi connectivity index (χ2v) is 6.33. The molecule has 0 bridgehead atoms. The molecule has 1 heterocycles. The Morgan fingerprint density at radius 3 is 2.10 bits per heavy atom. The fourth-order valence-corrected chi connectivity index (χ4v) is 2.57. The number of urea groups is 1. The van der Waals surface area contributed by atoms with Gasteiger partial charge in [-0.15, -0.1) is 0 Å². The van der Waals surface area contributed by atoms with Crippen LogP contribution in [0.2, 0.25) is 0 Å². The van der Waals surface area contributed by atoms with Gasteiger partial charge >= 0.3 is 6.03 Å². The van der Waals surface area contributed by atoms with Gasteiger partial charge in [-0.1, -0.05) is 12.1 Å². The zero-order valence-corrected chi connectivity index (χ0v) is 15.9. The van der Waals surface area contributed by atoms with Crippen LogP contribution in [0.25, 0.3) is 6.08 Å². The minimum Gasteiger partial charge on any atom is -0.484 e. The van der Waals surface area contributed by atoms with Crippen LogP contribution in [-0.2, 0) is 14.4 Å². The summed E-state index contributed by atoms with van der Waals surface area (Å²) in [6.45, 7) is 1.23. The molecule has 1 aliphatic rings. The molecule has 0 saturated carbocycles. The molecule has 0 aromatic heterocycles. The first-order valence-corrected chi connectivity index (χ1v) is 8.84. The van der Waals surface area contributed by atoms with Crippen molar-refractivity contribution >= 4 is 41.3 Å². The molecule has 3 N–H and O–H groups in total. The van der Waals surface area contributed by atoms with E-state index in [2.05, 4.69) is 5.32 Å². The van der Waals surface area contributed by atoms with Crippen molar-refractivity contribution in [3.63, 3.8) is 0 Å². The van der Waals surface area contributed by atoms with Gasteiger partial charge in [0.25, 0.3) is 17.7 Å². The smallest absolute Gasteiger partial charge is 0.328 e. The topological polar surface area (TPSA) is 131 Å². The molecule has 2 aromatic rings. The maximum absolute atomic E-state index is 12.0. The molecular weight excluding hydrogens is 390 g/mol. The van der Waals surface area contributed by atoms with Gasteiger partial charge in [0.05, 0.1) is 0 Å². The van der Waals surface area contributed by atoms with Crippen LogP contribution in [0.1, 0.15) is 22.8 Å². The van der Waals surface area contributed by atoms with Crippen molar-refractivity contribution in [3.05, 3.63) is 65.2 Å². The van der Waals surface area contributed by atoms with Crippen LogP contribution >= 0.6 is 0 Å². The van der Waals surface area contributed by atoms with E-state index < -0.39 is 17.8 Å². The fraction of sp³-hybridized carbons (Fsp3) is 0.0952. The molecule has 1 saturated heterocycles. The van der Waals surface area contributed by atoms with Crippen molar-refractivity contribution in [2.24, 2.45) is 0 Å². The number of carbonyl (C=O) groups is 5. The zero-order chi connectivity index (χ0) is 21.7. The average molecular weight is 407 g/mol. The maximum atomic E-state index is 12.0. The quantitative estimate of drug-likeness (QED) is 0.379. The number of anilines is 1. The van der Waals surface area contributed by atoms with Crippen LogP contribution in [0.4, 0.5) is 10.5 Å². The maximum Gasteiger partial charge on any atom is 0.328 e. The van der Waals surface area contributed by atoms with Gasteiger partial charge in [0.15, 0.2) is 12.4 Å². The lowest BCUT2D eigenvalue weighted by molar-refractivity contribution is -0.124. The van der Waals surface area contributed by atoms with Crippen LogP contribution in [-0.4, -0.2) is 36.1 Å². The molecule has 0 radical (unpaired) electrons. The number of carbonyl (C=O) groups excluding carboxylic acids is 5. The van der Waals surface area contributed by atoms with Crippen molar-refractivity contribution in [2.45, 2.75) is 6.92 Å². The molecule has 0 aliphatic carbocycles. The monoisotopic (exact) mass is 407 g/mol. The van der Waals surface area contributed by atoms with Crippen LogP contribution < -0.4 is 20.7 Å². The molecule has 2 aromatic carbocycles. The predicted molar refractivity (Wildman–Crippen MR) is 107 cm³/mol. The second-order valence-electron chi connectivity index (χ2n) is 6.33. The molecule has 152 valence electrons. The summed E-state index contributed by atoms with van der Waals surface area (Å²) in [6, 6.07) is 12.0. The number of nitrogens with one attached hydrogen (secondary N) is 3.